The van der Waals surface area contributed by atoms with E-state index in [0.29, 0.717) is 10.5 Å². The highest BCUT2D eigenvalue weighted by Crippen LogP contribution is 2.39. The average molecular weight is 251 g/mol. The smallest absolute Gasteiger partial charge is 0.0353 e. The molecule has 0 saturated carbocycles. The molecule has 2 aliphatic heterocycles. The Morgan fingerprint density at radius 1 is 1.25 bits per heavy atom. The van der Waals surface area contributed by atoms with Crippen LogP contribution in [0.4, 0.5) is 0 Å². The fourth-order valence-electron chi connectivity index (χ4n) is 2.53. The molecule has 0 aromatic rings. The van der Waals surface area contributed by atoms with Crippen LogP contribution in [0, 0.1) is 5.92 Å². The zero-order valence-corrected chi connectivity index (χ0v) is 9.57. The molecule has 2 rings (SSSR count). The van der Waals surface area contributed by atoms with Gasteiger partial charge < -0.3 is 0 Å². The van der Waals surface area contributed by atoms with Crippen molar-refractivity contribution in [3.63, 3.8) is 0 Å². The number of hydrogen-bond acceptors (Lipinski definition) is 1. The van der Waals surface area contributed by atoms with Crippen molar-refractivity contribution < 1.29 is 4.21 Å². The second-order valence-electron chi connectivity index (χ2n) is 3.96. The molecular weight excluding hydrogens is 236 g/mol. The van der Waals surface area contributed by atoms with Gasteiger partial charge in [-0.05, 0) is 38.0 Å². The first kappa shape index (κ1) is 9.20. The molecule has 2 heterocycles. The molecule has 0 amide bonds. The second-order valence-corrected chi connectivity index (χ2v) is 6.75. The summed E-state index contributed by atoms with van der Waals surface area (Å²) in [7, 11) is -0.458. The van der Waals surface area contributed by atoms with E-state index in [1.165, 1.54) is 32.1 Å². The minimum Gasteiger partial charge on any atom is -0.259 e. The quantitative estimate of drug-likeness (QED) is 0.689. The van der Waals surface area contributed by atoms with Gasteiger partial charge in [-0.1, -0.05) is 15.9 Å². The molecule has 1 nitrogen and oxygen atoms in total. The van der Waals surface area contributed by atoms with E-state index in [0.717, 1.165) is 11.2 Å². The van der Waals surface area contributed by atoms with E-state index in [4.69, 9.17) is 0 Å². The Kier molecular flexibility index (Phi) is 2.90. The number of halogens is 1. The fraction of sp³-hybridized carbons (Fsp3) is 1.00. The van der Waals surface area contributed by atoms with Crippen LogP contribution in [0.15, 0.2) is 0 Å². The van der Waals surface area contributed by atoms with Crippen molar-refractivity contribution in [1.29, 1.82) is 0 Å². The van der Waals surface area contributed by atoms with Gasteiger partial charge in [0.05, 0.1) is 0 Å². The van der Waals surface area contributed by atoms with E-state index >= 15 is 0 Å². The van der Waals surface area contributed by atoms with Crippen LogP contribution in [0.5, 0.6) is 0 Å². The second kappa shape index (κ2) is 3.79. The summed E-state index contributed by atoms with van der Waals surface area (Å²) < 4.78 is 11.6. The summed E-state index contributed by atoms with van der Waals surface area (Å²) >= 11 is 3.48. The van der Waals surface area contributed by atoms with Crippen LogP contribution in [-0.2, 0) is 10.8 Å². The van der Waals surface area contributed by atoms with E-state index in [-0.39, 0.29) is 0 Å². The molecule has 2 saturated heterocycles. The molecule has 2 fully saturated rings. The Morgan fingerprint density at radius 3 is 2.33 bits per heavy atom. The maximum absolute atomic E-state index is 11.6. The van der Waals surface area contributed by atoms with Crippen molar-refractivity contribution in [3.8, 4) is 0 Å². The molecule has 0 aromatic carbocycles. The third kappa shape index (κ3) is 1.63. The lowest BCUT2D eigenvalue weighted by Crippen LogP contribution is -2.28. The molecule has 2 aliphatic rings. The van der Waals surface area contributed by atoms with Crippen LogP contribution in [-0.4, -0.2) is 20.0 Å². The zero-order chi connectivity index (χ0) is 8.55. The predicted molar refractivity (Wildman–Crippen MR) is 56.1 cm³/mol. The number of fused-ring (bicyclic) bond motifs is 2. The largest absolute Gasteiger partial charge is 0.259 e. The van der Waals surface area contributed by atoms with Crippen molar-refractivity contribution in [2.24, 2.45) is 5.92 Å². The third-order valence-electron chi connectivity index (χ3n) is 3.18. The van der Waals surface area contributed by atoms with E-state index in [2.05, 4.69) is 15.9 Å². The molecule has 2 unspecified atom stereocenters. The van der Waals surface area contributed by atoms with Gasteiger partial charge in [0.2, 0.25) is 0 Å². The first-order valence-electron chi connectivity index (χ1n) is 4.76. The first-order valence-corrected chi connectivity index (χ1v) is 7.16. The van der Waals surface area contributed by atoms with Crippen LogP contribution in [0.25, 0.3) is 0 Å². The van der Waals surface area contributed by atoms with Crippen LogP contribution >= 0.6 is 15.9 Å². The SMILES string of the molecule is O=S1C2CCC1CC(CCBr)C2. The molecule has 70 valence electrons. The normalized spacial score (nSPS) is 46.4. The Bertz CT molecular complexity index is 179. The summed E-state index contributed by atoms with van der Waals surface area (Å²) in [5.74, 6) is 0.861. The van der Waals surface area contributed by atoms with Crippen molar-refractivity contribution in [2.45, 2.75) is 42.6 Å². The Balaban J connectivity index is 1.98. The summed E-state index contributed by atoms with van der Waals surface area (Å²) in [4.78, 5) is 0. The highest BCUT2D eigenvalue weighted by atomic mass is 79.9. The summed E-state index contributed by atoms with van der Waals surface area (Å²) in [6.45, 7) is 0. The minimum atomic E-state index is -0.458. The highest BCUT2D eigenvalue weighted by Gasteiger charge is 2.39. The lowest BCUT2D eigenvalue weighted by molar-refractivity contribution is 0.434. The van der Waals surface area contributed by atoms with Crippen molar-refractivity contribution in [1.82, 2.24) is 0 Å². The monoisotopic (exact) mass is 250 g/mol. The molecule has 2 atom stereocenters. The number of rotatable bonds is 2. The van der Waals surface area contributed by atoms with E-state index in [1.54, 1.807) is 0 Å². The van der Waals surface area contributed by atoms with Gasteiger partial charge in [-0.25, -0.2) is 0 Å². The standard InChI is InChI=1S/C9H15BrOS/c10-4-3-7-5-8-1-2-9(6-7)12(8)11/h7-9H,1-6H2. The topological polar surface area (TPSA) is 17.1 Å². The van der Waals surface area contributed by atoms with Gasteiger partial charge in [0.15, 0.2) is 0 Å². The molecule has 0 N–H and O–H groups in total. The van der Waals surface area contributed by atoms with E-state index in [1.807, 2.05) is 0 Å². The lowest BCUT2D eigenvalue weighted by atomic mass is 9.97. The first-order chi connectivity index (χ1) is 5.81. The van der Waals surface area contributed by atoms with Crippen LogP contribution in [0.3, 0.4) is 0 Å². The van der Waals surface area contributed by atoms with Gasteiger partial charge in [-0.2, -0.15) is 0 Å². The molecule has 0 aliphatic carbocycles. The molecule has 0 radical (unpaired) electrons. The van der Waals surface area contributed by atoms with E-state index in [9.17, 15) is 4.21 Å². The lowest BCUT2D eigenvalue weighted by Gasteiger charge is -2.26. The maximum Gasteiger partial charge on any atom is 0.0353 e. The number of hydrogen-bond donors (Lipinski definition) is 0. The zero-order valence-electron chi connectivity index (χ0n) is 7.17. The van der Waals surface area contributed by atoms with Gasteiger partial charge in [0.25, 0.3) is 0 Å². The van der Waals surface area contributed by atoms with Crippen molar-refractivity contribution in [2.75, 3.05) is 5.33 Å². The summed E-state index contributed by atoms with van der Waals surface area (Å²) in [6, 6.07) is 0. The van der Waals surface area contributed by atoms with E-state index < -0.39 is 10.8 Å². The summed E-state index contributed by atoms with van der Waals surface area (Å²) in [6.07, 6.45) is 6.21. The summed E-state index contributed by atoms with van der Waals surface area (Å²) in [5.41, 5.74) is 0. The number of alkyl halides is 1. The highest BCUT2D eigenvalue weighted by molar-refractivity contribution is 9.09. The predicted octanol–water partition coefficient (Wildman–Crippen LogP) is 2.46. The molecule has 2 bridgehead atoms. The van der Waals surface area contributed by atoms with Gasteiger partial charge >= 0.3 is 0 Å². The van der Waals surface area contributed by atoms with Crippen LogP contribution < -0.4 is 0 Å². The minimum absolute atomic E-state index is 0.458. The van der Waals surface area contributed by atoms with Gasteiger partial charge in [0, 0.05) is 26.6 Å². The van der Waals surface area contributed by atoms with Crippen molar-refractivity contribution in [3.05, 3.63) is 0 Å². The van der Waals surface area contributed by atoms with Gasteiger partial charge in [0.1, 0.15) is 0 Å². The average Bonchev–Trinajstić information content (AvgIpc) is 2.33. The Hall–Kier alpha value is 0.630. The third-order valence-corrected chi connectivity index (χ3v) is 5.81. The Labute approximate surface area is 84.9 Å². The van der Waals surface area contributed by atoms with Crippen LogP contribution in [0.1, 0.15) is 32.1 Å². The summed E-state index contributed by atoms with van der Waals surface area (Å²) in [5, 5.41) is 2.24. The molecule has 3 heteroatoms. The fourth-order valence-corrected chi connectivity index (χ4v) is 5.38. The molecular formula is C9H15BrOS. The molecule has 12 heavy (non-hydrogen) atoms. The van der Waals surface area contributed by atoms with Gasteiger partial charge in [-0.3, -0.25) is 4.21 Å². The Morgan fingerprint density at radius 2 is 1.83 bits per heavy atom. The molecule has 0 spiro atoms. The van der Waals surface area contributed by atoms with Gasteiger partial charge in [-0.15, -0.1) is 0 Å². The molecule has 0 aromatic heterocycles. The maximum atomic E-state index is 11.6. The van der Waals surface area contributed by atoms with Crippen molar-refractivity contribution >= 4 is 26.7 Å². The van der Waals surface area contributed by atoms with Crippen LogP contribution in [0.2, 0.25) is 0 Å².